The number of ether oxygens (including phenoxy) is 2. The number of para-hydroxylation sites is 1. The third kappa shape index (κ3) is 4.06. The number of carbonyl (C=O) groups is 1. The van der Waals surface area contributed by atoms with Crippen molar-refractivity contribution < 1.29 is 18.7 Å². The first-order valence-electron chi connectivity index (χ1n) is 9.39. The molecule has 6 heteroatoms. The normalized spacial score (nSPS) is 19.5. The summed E-state index contributed by atoms with van der Waals surface area (Å²) in [6.45, 7) is 2.38. The van der Waals surface area contributed by atoms with Crippen molar-refractivity contribution in [3.05, 3.63) is 53.8 Å². The van der Waals surface area contributed by atoms with Gasteiger partial charge in [-0.15, -0.1) is 0 Å². The molecular weight excluding hydrogens is 347 g/mol. The van der Waals surface area contributed by atoms with Crippen molar-refractivity contribution in [1.29, 1.82) is 0 Å². The molecule has 1 N–H and O–H groups in total. The summed E-state index contributed by atoms with van der Waals surface area (Å²) in [5.41, 5.74) is 1.34. The molecule has 2 heterocycles. The molecule has 27 heavy (non-hydrogen) atoms. The smallest absolute Gasteiger partial charge is 0.238 e. The van der Waals surface area contributed by atoms with Crippen LogP contribution in [0.5, 0.6) is 11.5 Å². The third-order valence-electron chi connectivity index (χ3n) is 5.01. The van der Waals surface area contributed by atoms with Gasteiger partial charge in [-0.1, -0.05) is 18.2 Å². The van der Waals surface area contributed by atoms with E-state index in [4.69, 9.17) is 9.47 Å². The average molecular weight is 370 g/mol. The van der Waals surface area contributed by atoms with Gasteiger partial charge in [0, 0.05) is 12.5 Å². The summed E-state index contributed by atoms with van der Waals surface area (Å²) in [5, 5.41) is 2.67. The molecule has 5 nitrogen and oxygen atoms in total. The molecule has 1 saturated heterocycles. The van der Waals surface area contributed by atoms with E-state index in [1.807, 2.05) is 18.2 Å². The van der Waals surface area contributed by atoms with Gasteiger partial charge in [-0.3, -0.25) is 9.69 Å². The molecule has 0 aromatic heterocycles. The number of anilines is 1. The van der Waals surface area contributed by atoms with E-state index in [0.29, 0.717) is 13.2 Å². The van der Waals surface area contributed by atoms with Crippen LogP contribution in [0.4, 0.5) is 10.1 Å². The predicted molar refractivity (Wildman–Crippen MR) is 101 cm³/mol. The number of nitrogens with zero attached hydrogens (tertiary/aromatic N) is 1. The first kappa shape index (κ1) is 17.8. The number of nitrogens with one attached hydrogen (secondary N) is 1. The van der Waals surface area contributed by atoms with Crippen molar-refractivity contribution in [2.45, 2.75) is 25.3 Å². The minimum atomic E-state index is -0.424. The van der Waals surface area contributed by atoms with E-state index in [2.05, 4.69) is 10.2 Å². The molecule has 0 spiro atoms. The molecule has 1 amide bonds. The zero-order chi connectivity index (χ0) is 18.6. The van der Waals surface area contributed by atoms with E-state index >= 15 is 0 Å². The van der Waals surface area contributed by atoms with Crippen molar-refractivity contribution in [3.63, 3.8) is 0 Å². The van der Waals surface area contributed by atoms with Crippen LogP contribution in [0.1, 0.15) is 30.9 Å². The maximum atomic E-state index is 13.7. The fourth-order valence-electron chi connectivity index (χ4n) is 3.72. The summed E-state index contributed by atoms with van der Waals surface area (Å²) in [6.07, 6.45) is 2.87. The molecule has 2 aliphatic heterocycles. The van der Waals surface area contributed by atoms with E-state index < -0.39 is 5.82 Å². The highest BCUT2D eigenvalue weighted by Gasteiger charge is 2.28. The van der Waals surface area contributed by atoms with Crippen LogP contribution in [0.3, 0.4) is 0 Å². The van der Waals surface area contributed by atoms with Crippen LogP contribution < -0.4 is 14.8 Å². The topological polar surface area (TPSA) is 50.8 Å². The Labute approximate surface area is 158 Å². The summed E-state index contributed by atoms with van der Waals surface area (Å²) in [4.78, 5) is 14.5. The molecule has 1 atom stereocenters. The molecule has 0 saturated carbocycles. The van der Waals surface area contributed by atoms with Gasteiger partial charge in [-0.2, -0.15) is 0 Å². The standard InChI is InChI=1S/C21H23FN2O3/c22-16-5-1-2-6-17(16)23-21(25)14-24-10-3-7-18(24)15-8-9-19-20(13-15)27-12-4-11-26-19/h1-2,5-6,8-9,13,18H,3-4,7,10-12,14H2,(H,23,25)/t18-/m1/s1. The van der Waals surface area contributed by atoms with Crippen molar-refractivity contribution in [2.75, 3.05) is 31.6 Å². The van der Waals surface area contributed by atoms with Crippen molar-refractivity contribution >= 4 is 11.6 Å². The quantitative estimate of drug-likeness (QED) is 0.890. The second-order valence-corrected chi connectivity index (χ2v) is 6.91. The Morgan fingerprint density at radius 1 is 1.11 bits per heavy atom. The molecular formula is C21H23FN2O3. The monoisotopic (exact) mass is 370 g/mol. The summed E-state index contributed by atoms with van der Waals surface area (Å²) in [7, 11) is 0. The zero-order valence-electron chi connectivity index (χ0n) is 15.1. The van der Waals surface area contributed by atoms with Crippen LogP contribution in [0, 0.1) is 5.82 Å². The van der Waals surface area contributed by atoms with Crippen LogP contribution in [0.25, 0.3) is 0 Å². The van der Waals surface area contributed by atoms with Crippen LogP contribution >= 0.6 is 0 Å². The predicted octanol–water partition coefficient (Wildman–Crippen LogP) is 3.76. The Morgan fingerprint density at radius 2 is 1.93 bits per heavy atom. The largest absolute Gasteiger partial charge is 0.490 e. The lowest BCUT2D eigenvalue weighted by Crippen LogP contribution is -2.33. The molecule has 1 fully saturated rings. The number of rotatable bonds is 4. The summed E-state index contributed by atoms with van der Waals surface area (Å²) >= 11 is 0. The number of benzene rings is 2. The van der Waals surface area contributed by atoms with Crippen molar-refractivity contribution in [1.82, 2.24) is 4.90 Å². The molecule has 2 aliphatic rings. The first-order valence-corrected chi connectivity index (χ1v) is 9.39. The number of fused-ring (bicyclic) bond motifs is 1. The van der Waals surface area contributed by atoms with E-state index in [0.717, 1.165) is 42.9 Å². The van der Waals surface area contributed by atoms with Crippen molar-refractivity contribution in [2.24, 2.45) is 0 Å². The molecule has 0 aliphatic carbocycles. The molecule has 2 aromatic carbocycles. The summed E-state index contributed by atoms with van der Waals surface area (Å²) in [6, 6.07) is 12.4. The third-order valence-corrected chi connectivity index (χ3v) is 5.01. The van der Waals surface area contributed by atoms with Gasteiger partial charge >= 0.3 is 0 Å². The van der Waals surface area contributed by atoms with Crippen LogP contribution in [-0.2, 0) is 4.79 Å². The van der Waals surface area contributed by atoms with Crippen LogP contribution in [0.2, 0.25) is 0 Å². The Morgan fingerprint density at radius 3 is 2.78 bits per heavy atom. The number of likely N-dealkylation sites (tertiary alicyclic amines) is 1. The number of hydrogen-bond donors (Lipinski definition) is 1. The highest BCUT2D eigenvalue weighted by atomic mass is 19.1. The van der Waals surface area contributed by atoms with E-state index in [1.165, 1.54) is 6.07 Å². The fraction of sp³-hybridized carbons (Fsp3) is 0.381. The lowest BCUT2D eigenvalue weighted by Gasteiger charge is -2.25. The number of hydrogen-bond acceptors (Lipinski definition) is 4. The maximum absolute atomic E-state index is 13.7. The number of halogens is 1. The second kappa shape index (κ2) is 7.96. The molecule has 142 valence electrons. The average Bonchev–Trinajstić information content (AvgIpc) is 2.99. The lowest BCUT2D eigenvalue weighted by atomic mass is 10.0. The second-order valence-electron chi connectivity index (χ2n) is 6.91. The van der Waals surface area contributed by atoms with E-state index in [9.17, 15) is 9.18 Å². The first-order chi connectivity index (χ1) is 13.2. The highest BCUT2D eigenvalue weighted by Crippen LogP contribution is 2.37. The Bertz CT molecular complexity index is 827. The van der Waals surface area contributed by atoms with Crippen LogP contribution in [-0.4, -0.2) is 37.1 Å². The van der Waals surface area contributed by atoms with Gasteiger partial charge < -0.3 is 14.8 Å². The van der Waals surface area contributed by atoms with Crippen molar-refractivity contribution in [3.8, 4) is 11.5 Å². The number of carbonyl (C=O) groups excluding carboxylic acids is 1. The van der Waals surface area contributed by atoms with Gasteiger partial charge in [0.25, 0.3) is 0 Å². The van der Waals surface area contributed by atoms with Gasteiger partial charge in [-0.25, -0.2) is 4.39 Å². The Hall–Kier alpha value is -2.60. The SMILES string of the molecule is O=C(CN1CCC[C@@H]1c1ccc2c(c1)OCCCO2)Nc1ccccc1F. The maximum Gasteiger partial charge on any atom is 0.238 e. The van der Waals surface area contributed by atoms with Gasteiger partial charge in [0.1, 0.15) is 5.82 Å². The van der Waals surface area contributed by atoms with E-state index in [-0.39, 0.29) is 24.2 Å². The Kier molecular flexibility index (Phi) is 5.25. The van der Waals surface area contributed by atoms with Gasteiger partial charge in [0.05, 0.1) is 25.4 Å². The molecule has 0 bridgehead atoms. The number of amides is 1. The minimum Gasteiger partial charge on any atom is -0.490 e. The van der Waals surface area contributed by atoms with Gasteiger partial charge in [0.15, 0.2) is 11.5 Å². The van der Waals surface area contributed by atoms with E-state index in [1.54, 1.807) is 18.2 Å². The van der Waals surface area contributed by atoms with Gasteiger partial charge in [-0.05, 0) is 49.2 Å². The molecule has 2 aromatic rings. The van der Waals surface area contributed by atoms with Crippen LogP contribution in [0.15, 0.2) is 42.5 Å². The molecule has 0 unspecified atom stereocenters. The summed E-state index contributed by atoms with van der Waals surface area (Å²) in [5.74, 6) is 0.916. The lowest BCUT2D eigenvalue weighted by molar-refractivity contribution is -0.117. The molecule has 0 radical (unpaired) electrons. The highest BCUT2D eigenvalue weighted by molar-refractivity contribution is 5.92. The summed E-state index contributed by atoms with van der Waals surface area (Å²) < 4.78 is 25.2. The fourth-order valence-corrected chi connectivity index (χ4v) is 3.72. The van der Waals surface area contributed by atoms with Gasteiger partial charge in [0.2, 0.25) is 5.91 Å². The Balaban J connectivity index is 1.45. The minimum absolute atomic E-state index is 0.147. The molecule has 4 rings (SSSR count). The zero-order valence-corrected chi connectivity index (χ0v) is 15.1.